The summed E-state index contributed by atoms with van der Waals surface area (Å²) < 4.78 is 0. The fourth-order valence-electron chi connectivity index (χ4n) is 2.70. The normalized spacial score (nSPS) is 17.1. The van der Waals surface area contributed by atoms with Crippen LogP contribution in [0.1, 0.15) is 38.2 Å². The molecule has 1 aromatic carbocycles. The number of hydrogen-bond acceptors (Lipinski definition) is 2. The fourth-order valence-corrected chi connectivity index (χ4v) is 2.70. The standard InChI is InChI=1S/C15H24N2/c1-3-17(4-2)15-7-5-13(6-8-15)14-9-11-16-12-10-14/h5-8,14,16H,3-4,9-12H2,1-2H3. The van der Waals surface area contributed by atoms with E-state index in [1.807, 2.05) is 0 Å². The molecular formula is C15H24N2. The number of piperidine rings is 1. The van der Waals surface area contributed by atoms with E-state index in [9.17, 15) is 0 Å². The average molecular weight is 232 g/mol. The van der Waals surface area contributed by atoms with Crippen LogP contribution in [-0.4, -0.2) is 26.2 Å². The Morgan fingerprint density at radius 2 is 1.65 bits per heavy atom. The van der Waals surface area contributed by atoms with E-state index in [-0.39, 0.29) is 0 Å². The summed E-state index contributed by atoms with van der Waals surface area (Å²) in [6, 6.07) is 9.21. The first-order valence-corrected chi connectivity index (χ1v) is 6.90. The third-order valence-electron chi connectivity index (χ3n) is 3.83. The van der Waals surface area contributed by atoms with Crippen molar-refractivity contribution < 1.29 is 0 Å². The van der Waals surface area contributed by atoms with E-state index in [0.717, 1.165) is 19.0 Å². The Kier molecular flexibility index (Phi) is 4.43. The summed E-state index contributed by atoms with van der Waals surface area (Å²) in [6.45, 7) is 8.94. The van der Waals surface area contributed by atoms with Gasteiger partial charge in [0, 0.05) is 18.8 Å². The molecule has 1 heterocycles. The molecule has 94 valence electrons. The van der Waals surface area contributed by atoms with Gasteiger partial charge in [0.1, 0.15) is 0 Å². The number of anilines is 1. The van der Waals surface area contributed by atoms with Crippen LogP contribution in [0.15, 0.2) is 24.3 Å². The van der Waals surface area contributed by atoms with Gasteiger partial charge in [-0.1, -0.05) is 12.1 Å². The minimum Gasteiger partial charge on any atom is -0.372 e. The maximum absolute atomic E-state index is 3.42. The van der Waals surface area contributed by atoms with Gasteiger partial charge < -0.3 is 10.2 Å². The van der Waals surface area contributed by atoms with Crippen LogP contribution in [0.25, 0.3) is 0 Å². The largest absolute Gasteiger partial charge is 0.372 e. The van der Waals surface area contributed by atoms with Gasteiger partial charge in [-0.15, -0.1) is 0 Å². The lowest BCUT2D eigenvalue weighted by molar-refractivity contribution is 0.460. The van der Waals surface area contributed by atoms with Gasteiger partial charge in [0.05, 0.1) is 0 Å². The van der Waals surface area contributed by atoms with E-state index < -0.39 is 0 Å². The molecule has 0 atom stereocenters. The third-order valence-corrected chi connectivity index (χ3v) is 3.83. The molecule has 0 bridgehead atoms. The molecule has 0 spiro atoms. The van der Waals surface area contributed by atoms with Crippen LogP contribution >= 0.6 is 0 Å². The van der Waals surface area contributed by atoms with E-state index in [1.165, 1.54) is 37.2 Å². The summed E-state index contributed by atoms with van der Waals surface area (Å²) >= 11 is 0. The molecule has 2 rings (SSSR count). The van der Waals surface area contributed by atoms with E-state index >= 15 is 0 Å². The van der Waals surface area contributed by atoms with Gasteiger partial charge >= 0.3 is 0 Å². The van der Waals surface area contributed by atoms with Crippen LogP contribution in [0.3, 0.4) is 0 Å². The van der Waals surface area contributed by atoms with E-state index in [2.05, 4.69) is 48.3 Å². The first kappa shape index (κ1) is 12.4. The van der Waals surface area contributed by atoms with Crippen LogP contribution < -0.4 is 10.2 Å². The quantitative estimate of drug-likeness (QED) is 0.858. The summed E-state index contributed by atoms with van der Waals surface area (Å²) in [7, 11) is 0. The summed E-state index contributed by atoms with van der Waals surface area (Å²) in [5.41, 5.74) is 2.87. The lowest BCUT2D eigenvalue weighted by Crippen LogP contribution is -2.26. The first-order chi connectivity index (χ1) is 8.35. The van der Waals surface area contributed by atoms with Crippen molar-refractivity contribution in [2.75, 3.05) is 31.1 Å². The van der Waals surface area contributed by atoms with Crippen LogP contribution in [0.4, 0.5) is 5.69 Å². The molecule has 1 fully saturated rings. The highest BCUT2D eigenvalue weighted by atomic mass is 15.1. The molecule has 0 radical (unpaired) electrons. The first-order valence-electron chi connectivity index (χ1n) is 6.90. The molecule has 0 aromatic heterocycles. The van der Waals surface area contributed by atoms with Crippen LogP contribution in [0.2, 0.25) is 0 Å². The van der Waals surface area contributed by atoms with Gasteiger partial charge in [0.15, 0.2) is 0 Å². The second kappa shape index (κ2) is 6.06. The molecule has 2 heteroatoms. The Bertz CT molecular complexity index is 321. The molecule has 0 aliphatic carbocycles. The summed E-state index contributed by atoms with van der Waals surface area (Å²) in [6.07, 6.45) is 2.56. The zero-order valence-corrected chi connectivity index (χ0v) is 11.1. The van der Waals surface area contributed by atoms with Gasteiger partial charge in [-0.3, -0.25) is 0 Å². The second-order valence-electron chi connectivity index (χ2n) is 4.79. The minimum atomic E-state index is 0.766. The molecule has 0 saturated carbocycles. The highest BCUT2D eigenvalue weighted by Crippen LogP contribution is 2.26. The third kappa shape index (κ3) is 3.01. The van der Waals surface area contributed by atoms with Crippen LogP contribution in [0.5, 0.6) is 0 Å². The molecule has 0 amide bonds. The molecule has 2 nitrogen and oxygen atoms in total. The number of benzene rings is 1. The zero-order chi connectivity index (χ0) is 12.1. The summed E-state index contributed by atoms with van der Waals surface area (Å²) in [5.74, 6) is 0.766. The van der Waals surface area contributed by atoms with Gasteiger partial charge in [-0.25, -0.2) is 0 Å². The Balaban J connectivity index is 2.06. The van der Waals surface area contributed by atoms with Gasteiger partial charge in [0.25, 0.3) is 0 Å². The number of hydrogen-bond donors (Lipinski definition) is 1. The highest BCUT2D eigenvalue weighted by Gasteiger charge is 2.14. The Morgan fingerprint density at radius 3 is 2.18 bits per heavy atom. The molecule has 1 saturated heterocycles. The molecular weight excluding hydrogens is 208 g/mol. The van der Waals surface area contributed by atoms with Crippen molar-refractivity contribution in [2.24, 2.45) is 0 Å². The van der Waals surface area contributed by atoms with Crippen molar-refractivity contribution >= 4 is 5.69 Å². The van der Waals surface area contributed by atoms with Crippen molar-refractivity contribution in [1.82, 2.24) is 5.32 Å². The average Bonchev–Trinajstić information content (AvgIpc) is 2.42. The predicted octanol–water partition coefficient (Wildman–Crippen LogP) is 3.00. The van der Waals surface area contributed by atoms with Crippen molar-refractivity contribution in [2.45, 2.75) is 32.6 Å². The molecule has 1 aliphatic heterocycles. The second-order valence-corrected chi connectivity index (χ2v) is 4.79. The maximum Gasteiger partial charge on any atom is 0.0366 e. The Hall–Kier alpha value is -1.02. The van der Waals surface area contributed by atoms with Crippen LogP contribution in [0, 0.1) is 0 Å². The molecule has 1 aliphatic rings. The lowest BCUT2D eigenvalue weighted by atomic mass is 9.90. The van der Waals surface area contributed by atoms with E-state index in [0.29, 0.717) is 0 Å². The van der Waals surface area contributed by atoms with Gasteiger partial charge in [-0.05, 0) is 63.4 Å². The van der Waals surface area contributed by atoms with Crippen molar-refractivity contribution in [3.8, 4) is 0 Å². The molecule has 0 unspecified atom stereocenters. The highest BCUT2D eigenvalue weighted by molar-refractivity contribution is 5.47. The molecule has 1 N–H and O–H groups in total. The van der Waals surface area contributed by atoms with Gasteiger partial charge in [-0.2, -0.15) is 0 Å². The molecule has 1 aromatic rings. The zero-order valence-electron chi connectivity index (χ0n) is 11.1. The monoisotopic (exact) mass is 232 g/mol. The van der Waals surface area contributed by atoms with E-state index in [1.54, 1.807) is 0 Å². The van der Waals surface area contributed by atoms with Crippen molar-refractivity contribution in [1.29, 1.82) is 0 Å². The minimum absolute atomic E-state index is 0.766. The fraction of sp³-hybridized carbons (Fsp3) is 0.600. The topological polar surface area (TPSA) is 15.3 Å². The van der Waals surface area contributed by atoms with Crippen molar-refractivity contribution in [3.05, 3.63) is 29.8 Å². The maximum atomic E-state index is 3.42. The summed E-state index contributed by atoms with van der Waals surface area (Å²) in [5, 5.41) is 3.42. The Labute approximate surface area is 105 Å². The van der Waals surface area contributed by atoms with Crippen molar-refractivity contribution in [3.63, 3.8) is 0 Å². The van der Waals surface area contributed by atoms with Gasteiger partial charge in [0.2, 0.25) is 0 Å². The number of nitrogens with zero attached hydrogens (tertiary/aromatic N) is 1. The lowest BCUT2D eigenvalue weighted by Gasteiger charge is -2.25. The summed E-state index contributed by atoms with van der Waals surface area (Å²) in [4.78, 5) is 2.40. The molecule has 17 heavy (non-hydrogen) atoms. The number of nitrogens with one attached hydrogen (secondary N) is 1. The Morgan fingerprint density at radius 1 is 1.06 bits per heavy atom. The van der Waals surface area contributed by atoms with E-state index in [4.69, 9.17) is 0 Å². The van der Waals surface area contributed by atoms with Crippen LogP contribution in [-0.2, 0) is 0 Å². The smallest absolute Gasteiger partial charge is 0.0366 e. The predicted molar refractivity (Wildman–Crippen MR) is 74.8 cm³/mol. The number of rotatable bonds is 4. The SMILES string of the molecule is CCN(CC)c1ccc(C2CCNCC2)cc1.